The molecular weight excluding hydrogens is 394 g/mol. The Bertz CT molecular complexity index is 1060. The summed E-state index contributed by atoms with van der Waals surface area (Å²) < 4.78 is 6.34. The SMILES string of the molecule is COc1ccc2sc(C(=O)Nc3ccc(C(=O)[O-])c(C)c3)c(SC(C)C)c2c1. The number of anilines is 1. The van der Waals surface area contributed by atoms with Crippen molar-refractivity contribution in [1.29, 1.82) is 0 Å². The topological polar surface area (TPSA) is 78.5 Å². The number of carboxylic acids is 1. The highest BCUT2D eigenvalue weighted by Gasteiger charge is 2.21. The summed E-state index contributed by atoms with van der Waals surface area (Å²) in [5.41, 5.74) is 1.20. The third-order valence-electron chi connectivity index (χ3n) is 4.11. The van der Waals surface area contributed by atoms with E-state index in [0.717, 1.165) is 20.7 Å². The van der Waals surface area contributed by atoms with Gasteiger partial charge in [0.25, 0.3) is 5.91 Å². The Hall–Kier alpha value is -2.51. The lowest BCUT2D eigenvalue weighted by Crippen LogP contribution is -2.23. The van der Waals surface area contributed by atoms with Crippen molar-refractivity contribution in [2.45, 2.75) is 30.9 Å². The minimum Gasteiger partial charge on any atom is -0.545 e. The fourth-order valence-electron chi connectivity index (χ4n) is 2.84. The summed E-state index contributed by atoms with van der Waals surface area (Å²) >= 11 is 3.07. The molecule has 0 aliphatic rings. The van der Waals surface area contributed by atoms with E-state index in [-0.39, 0.29) is 11.5 Å². The van der Waals surface area contributed by atoms with E-state index < -0.39 is 5.97 Å². The van der Waals surface area contributed by atoms with Crippen molar-refractivity contribution in [3.63, 3.8) is 0 Å². The summed E-state index contributed by atoms with van der Waals surface area (Å²) in [7, 11) is 1.62. The van der Waals surface area contributed by atoms with Crippen LogP contribution in [0.2, 0.25) is 0 Å². The summed E-state index contributed by atoms with van der Waals surface area (Å²) in [6.45, 7) is 5.84. The number of carbonyl (C=O) groups is 2. The lowest BCUT2D eigenvalue weighted by molar-refractivity contribution is -0.255. The lowest BCUT2D eigenvalue weighted by atomic mass is 10.1. The molecule has 0 atom stereocenters. The second-order valence-electron chi connectivity index (χ2n) is 6.56. The number of fused-ring (bicyclic) bond motifs is 1. The number of thiophene rings is 1. The fourth-order valence-corrected chi connectivity index (χ4v) is 5.12. The van der Waals surface area contributed by atoms with Gasteiger partial charge in [-0.25, -0.2) is 0 Å². The van der Waals surface area contributed by atoms with Gasteiger partial charge in [-0.3, -0.25) is 4.79 Å². The van der Waals surface area contributed by atoms with Crippen LogP contribution in [0.3, 0.4) is 0 Å². The molecule has 3 aromatic rings. The maximum Gasteiger partial charge on any atom is 0.266 e. The van der Waals surface area contributed by atoms with Crippen LogP contribution in [0.4, 0.5) is 5.69 Å². The number of nitrogens with one attached hydrogen (secondary N) is 1. The zero-order valence-electron chi connectivity index (χ0n) is 16.0. The van der Waals surface area contributed by atoms with Crippen LogP contribution < -0.4 is 15.2 Å². The van der Waals surface area contributed by atoms with E-state index in [1.807, 2.05) is 18.2 Å². The number of carbonyl (C=O) groups excluding carboxylic acids is 2. The summed E-state index contributed by atoms with van der Waals surface area (Å²) in [5, 5.41) is 15.3. The number of carboxylic acid groups (broad SMARTS) is 1. The molecule has 1 N–H and O–H groups in total. The van der Waals surface area contributed by atoms with Crippen molar-refractivity contribution in [3.05, 3.63) is 52.4 Å². The molecule has 0 bridgehead atoms. The van der Waals surface area contributed by atoms with Crippen LogP contribution in [0.1, 0.15) is 39.4 Å². The monoisotopic (exact) mass is 414 g/mol. The van der Waals surface area contributed by atoms with Crippen LogP contribution in [-0.2, 0) is 0 Å². The molecule has 1 aromatic heterocycles. The van der Waals surface area contributed by atoms with Crippen LogP contribution in [0, 0.1) is 6.92 Å². The Kier molecular flexibility index (Phi) is 5.96. The molecule has 0 saturated heterocycles. The molecule has 3 rings (SSSR count). The number of hydrogen-bond acceptors (Lipinski definition) is 6. The molecule has 2 aromatic carbocycles. The Morgan fingerprint density at radius 2 is 1.93 bits per heavy atom. The van der Waals surface area contributed by atoms with Gasteiger partial charge in [0, 0.05) is 31.5 Å². The largest absolute Gasteiger partial charge is 0.545 e. The van der Waals surface area contributed by atoms with Crippen molar-refractivity contribution < 1.29 is 19.4 Å². The van der Waals surface area contributed by atoms with Crippen LogP contribution in [0.5, 0.6) is 5.75 Å². The molecule has 0 aliphatic heterocycles. The summed E-state index contributed by atoms with van der Waals surface area (Å²) in [6, 6.07) is 10.4. The molecule has 146 valence electrons. The number of aryl methyl sites for hydroxylation is 1. The van der Waals surface area contributed by atoms with Crippen LogP contribution in [0.15, 0.2) is 41.3 Å². The molecule has 0 fully saturated rings. The number of hydrogen-bond donors (Lipinski definition) is 1. The number of aromatic carboxylic acids is 1. The zero-order chi connectivity index (χ0) is 20.4. The second kappa shape index (κ2) is 8.24. The van der Waals surface area contributed by atoms with Crippen LogP contribution >= 0.6 is 23.1 Å². The standard InChI is InChI=1S/C21H21NO4S2/c1-11(2)27-18-16-10-14(26-4)6-8-17(16)28-19(18)20(23)22-13-5-7-15(21(24)25)12(3)9-13/h5-11H,1-4H3,(H,22,23)(H,24,25)/p-1. The first-order valence-electron chi connectivity index (χ1n) is 8.70. The van der Waals surface area contributed by atoms with Gasteiger partial charge < -0.3 is 20.0 Å². The number of amides is 1. The minimum atomic E-state index is -1.23. The van der Waals surface area contributed by atoms with E-state index >= 15 is 0 Å². The first-order chi connectivity index (χ1) is 13.3. The van der Waals surface area contributed by atoms with Gasteiger partial charge in [-0.2, -0.15) is 0 Å². The Morgan fingerprint density at radius 3 is 2.54 bits per heavy atom. The molecular formula is C21H20NO4S2-. The number of methoxy groups -OCH3 is 1. The second-order valence-corrected chi connectivity index (χ2v) is 9.20. The fraction of sp³-hybridized carbons (Fsp3) is 0.238. The highest BCUT2D eigenvalue weighted by atomic mass is 32.2. The van der Waals surface area contributed by atoms with Crippen molar-refractivity contribution >= 4 is 50.7 Å². The lowest BCUT2D eigenvalue weighted by Gasteiger charge is -2.11. The average molecular weight is 415 g/mol. The molecule has 28 heavy (non-hydrogen) atoms. The third-order valence-corrected chi connectivity index (χ3v) is 6.54. The molecule has 0 saturated carbocycles. The molecule has 1 heterocycles. The number of ether oxygens (including phenoxy) is 1. The molecule has 0 spiro atoms. The van der Waals surface area contributed by atoms with Crippen molar-refractivity contribution in [1.82, 2.24) is 0 Å². The predicted molar refractivity (Wildman–Crippen MR) is 113 cm³/mol. The molecule has 1 amide bonds. The van der Waals surface area contributed by atoms with Gasteiger partial charge in [0.05, 0.1) is 13.1 Å². The van der Waals surface area contributed by atoms with Crippen LogP contribution in [0.25, 0.3) is 10.1 Å². The van der Waals surface area contributed by atoms with E-state index in [4.69, 9.17) is 4.74 Å². The Labute approximate surface area is 171 Å². The quantitative estimate of drug-likeness (QED) is 0.607. The van der Waals surface area contributed by atoms with Gasteiger partial charge in [-0.1, -0.05) is 19.9 Å². The van der Waals surface area contributed by atoms with Crippen molar-refractivity contribution in [2.75, 3.05) is 12.4 Å². The van der Waals surface area contributed by atoms with Gasteiger partial charge >= 0.3 is 0 Å². The van der Waals surface area contributed by atoms with Crippen molar-refractivity contribution in [3.8, 4) is 5.75 Å². The van der Waals surface area contributed by atoms with Crippen LogP contribution in [-0.4, -0.2) is 24.2 Å². The number of rotatable bonds is 6. The van der Waals surface area contributed by atoms with Gasteiger partial charge in [-0.05, 0) is 42.8 Å². The molecule has 0 unspecified atom stereocenters. The predicted octanol–water partition coefficient (Wildman–Crippen LogP) is 4.33. The van der Waals surface area contributed by atoms with Gasteiger partial charge in [-0.15, -0.1) is 23.1 Å². The first kappa shape index (κ1) is 20.2. The highest BCUT2D eigenvalue weighted by molar-refractivity contribution is 8.00. The number of thioether (sulfide) groups is 1. The zero-order valence-corrected chi connectivity index (χ0v) is 17.6. The van der Waals surface area contributed by atoms with E-state index in [1.54, 1.807) is 37.9 Å². The smallest absolute Gasteiger partial charge is 0.266 e. The van der Waals surface area contributed by atoms with Crippen molar-refractivity contribution in [2.24, 2.45) is 0 Å². The maximum absolute atomic E-state index is 13.0. The Morgan fingerprint density at radius 1 is 1.18 bits per heavy atom. The normalized spacial score (nSPS) is 11.0. The molecule has 0 aliphatic carbocycles. The first-order valence-corrected chi connectivity index (χ1v) is 10.4. The molecule has 0 radical (unpaired) electrons. The van der Waals surface area contributed by atoms with Gasteiger partial charge in [0.2, 0.25) is 0 Å². The average Bonchev–Trinajstić information content (AvgIpc) is 2.98. The maximum atomic E-state index is 13.0. The Balaban J connectivity index is 1.98. The van der Waals surface area contributed by atoms with E-state index in [2.05, 4.69) is 19.2 Å². The minimum absolute atomic E-state index is 0.114. The summed E-state index contributed by atoms with van der Waals surface area (Å²) in [6.07, 6.45) is 0. The summed E-state index contributed by atoms with van der Waals surface area (Å²) in [5.74, 6) is -0.704. The summed E-state index contributed by atoms with van der Waals surface area (Å²) in [4.78, 5) is 25.6. The molecule has 7 heteroatoms. The van der Waals surface area contributed by atoms with E-state index in [1.165, 1.54) is 17.4 Å². The van der Waals surface area contributed by atoms with Gasteiger partial charge in [0.1, 0.15) is 10.6 Å². The third kappa shape index (κ3) is 4.15. The number of benzene rings is 2. The van der Waals surface area contributed by atoms with E-state index in [0.29, 0.717) is 21.4 Å². The van der Waals surface area contributed by atoms with E-state index in [9.17, 15) is 14.7 Å². The molecule has 5 nitrogen and oxygen atoms in total. The highest BCUT2D eigenvalue weighted by Crippen LogP contribution is 2.41. The van der Waals surface area contributed by atoms with Gasteiger partial charge in [0.15, 0.2) is 0 Å².